The van der Waals surface area contributed by atoms with Crippen LogP contribution in [-0.2, 0) is 9.53 Å². The summed E-state index contributed by atoms with van der Waals surface area (Å²) in [5, 5.41) is 6.18. The number of carbonyl (C=O) groups is 2. The molecule has 0 radical (unpaired) electrons. The molecule has 1 aliphatic heterocycles. The van der Waals surface area contributed by atoms with Crippen molar-refractivity contribution in [1.29, 1.82) is 0 Å². The molecule has 168 valence electrons. The quantitative estimate of drug-likeness (QED) is 0.496. The molecule has 2 N–H and O–H groups in total. The molecule has 0 aromatic carbocycles. The normalized spacial score (nSPS) is 16.0. The number of carbonyl (C=O) groups excluding carboxylic acids is 2. The Bertz CT molecular complexity index is 549. The van der Waals surface area contributed by atoms with Gasteiger partial charge in [-0.25, -0.2) is 4.79 Å². The predicted octanol–water partition coefficient (Wildman–Crippen LogP) is 2.45. The molecule has 0 bridgehead atoms. The number of nitrogens with one attached hydrogen (secondary N) is 2. The van der Waals surface area contributed by atoms with Gasteiger partial charge in [-0.1, -0.05) is 0 Å². The highest BCUT2D eigenvalue weighted by molar-refractivity contribution is 5.81. The van der Waals surface area contributed by atoms with Crippen LogP contribution in [0.3, 0.4) is 0 Å². The molecule has 0 atom stereocenters. The lowest BCUT2D eigenvalue weighted by atomic mass is 9.96. The van der Waals surface area contributed by atoms with Crippen molar-refractivity contribution < 1.29 is 14.3 Å². The average molecular weight is 412 g/mol. The van der Waals surface area contributed by atoms with Gasteiger partial charge in [-0.05, 0) is 60.3 Å². The zero-order valence-electron chi connectivity index (χ0n) is 19.4. The molecular formula is C21H41N5O3. The van der Waals surface area contributed by atoms with Crippen molar-refractivity contribution in [3.63, 3.8) is 0 Å². The highest BCUT2D eigenvalue weighted by Gasteiger charge is 2.27. The number of ether oxygens (including phenoxy) is 1. The summed E-state index contributed by atoms with van der Waals surface area (Å²) < 4.78 is 5.51. The maximum Gasteiger partial charge on any atom is 0.410 e. The van der Waals surface area contributed by atoms with Crippen molar-refractivity contribution in [2.24, 2.45) is 10.9 Å². The summed E-state index contributed by atoms with van der Waals surface area (Å²) >= 11 is 0. The molecular weight excluding hydrogens is 370 g/mol. The Morgan fingerprint density at radius 3 is 2.34 bits per heavy atom. The maximum atomic E-state index is 12.4. The molecule has 1 aliphatic rings. The second-order valence-electron chi connectivity index (χ2n) is 8.90. The third-order valence-corrected chi connectivity index (χ3v) is 4.72. The molecule has 8 nitrogen and oxygen atoms in total. The van der Waals surface area contributed by atoms with E-state index in [4.69, 9.17) is 4.74 Å². The first kappa shape index (κ1) is 25.0. The van der Waals surface area contributed by atoms with Crippen LogP contribution in [0.2, 0.25) is 0 Å². The van der Waals surface area contributed by atoms with E-state index in [1.807, 2.05) is 41.5 Å². The van der Waals surface area contributed by atoms with Crippen LogP contribution in [0.1, 0.15) is 60.8 Å². The first-order chi connectivity index (χ1) is 13.6. The molecule has 29 heavy (non-hydrogen) atoms. The van der Waals surface area contributed by atoms with Crippen molar-refractivity contribution in [2.45, 2.75) is 72.4 Å². The Kier molecular flexibility index (Phi) is 10.3. The van der Waals surface area contributed by atoms with E-state index in [0.29, 0.717) is 25.4 Å². The van der Waals surface area contributed by atoms with Crippen molar-refractivity contribution in [3.05, 3.63) is 0 Å². The van der Waals surface area contributed by atoms with E-state index in [9.17, 15) is 9.59 Å². The van der Waals surface area contributed by atoms with Crippen LogP contribution in [0, 0.1) is 5.92 Å². The van der Waals surface area contributed by atoms with Gasteiger partial charge in [0.25, 0.3) is 0 Å². The third kappa shape index (κ3) is 9.85. The highest BCUT2D eigenvalue weighted by Crippen LogP contribution is 2.20. The molecule has 2 amide bonds. The van der Waals surface area contributed by atoms with E-state index in [0.717, 1.165) is 38.4 Å². The number of nitrogens with zero attached hydrogens (tertiary/aromatic N) is 3. The summed E-state index contributed by atoms with van der Waals surface area (Å²) in [4.78, 5) is 32.5. The molecule has 0 aliphatic carbocycles. The lowest BCUT2D eigenvalue weighted by Gasteiger charge is -2.36. The van der Waals surface area contributed by atoms with Gasteiger partial charge in [-0.2, -0.15) is 0 Å². The fourth-order valence-corrected chi connectivity index (χ4v) is 3.31. The van der Waals surface area contributed by atoms with Crippen LogP contribution >= 0.6 is 0 Å². The van der Waals surface area contributed by atoms with Crippen molar-refractivity contribution in [3.8, 4) is 0 Å². The largest absolute Gasteiger partial charge is 0.444 e. The van der Waals surface area contributed by atoms with Gasteiger partial charge in [0, 0.05) is 52.2 Å². The summed E-state index contributed by atoms with van der Waals surface area (Å²) in [6, 6.07) is 0.157. The van der Waals surface area contributed by atoms with Gasteiger partial charge in [0.2, 0.25) is 5.91 Å². The van der Waals surface area contributed by atoms with E-state index in [-0.39, 0.29) is 18.0 Å². The Morgan fingerprint density at radius 2 is 1.86 bits per heavy atom. The van der Waals surface area contributed by atoms with E-state index in [1.165, 1.54) is 0 Å². The molecule has 1 heterocycles. The van der Waals surface area contributed by atoms with Gasteiger partial charge in [0.1, 0.15) is 5.60 Å². The number of likely N-dealkylation sites (tertiary alicyclic amines) is 1. The number of amides is 2. The van der Waals surface area contributed by atoms with E-state index in [1.54, 1.807) is 11.9 Å². The number of guanidine groups is 1. The molecule has 1 rings (SSSR count). The molecule has 0 spiro atoms. The molecule has 8 heteroatoms. The number of rotatable bonds is 7. The van der Waals surface area contributed by atoms with Crippen LogP contribution in [0.25, 0.3) is 0 Å². The Hall–Kier alpha value is -1.99. The second-order valence-corrected chi connectivity index (χ2v) is 8.90. The van der Waals surface area contributed by atoms with E-state index >= 15 is 0 Å². The number of hydrogen-bond acceptors (Lipinski definition) is 4. The van der Waals surface area contributed by atoms with Gasteiger partial charge < -0.3 is 25.2 Å². The van der Waals surface area contributed by atoms with Crippen LogP contribution < -0.4 is 10.6 Å². The fraction of sp³-hybridized carbons (Fsp3) is 0.857. The van der Waals surface area contributed by atoms with E-state index in [2.05, 4.69) is 20.5 Å². The molecule has 0 aromatic heterocycles. The summed E-state index contributed by atoms with van der Waals surface area (Å²) in [7, 11) is 1.77. The summed E-state index contributed by atoms with van der Waals surface area (Å²) in [5.41, 5.74) is -0.474. The minimum Gasteiger partial charge on any atom is -0.444 e. The zero-order chi connectivity index (χ0) is 22.0. The lowest BCUT2D eigenvalue weighted by molar-refractivity contribution is -0.121. The van der Waals surface area contributed by atoms with Crippen molar-refractivity contribution in [1.82, 2.24) is 20.4 Å². The number of aliphatic imine (C=N–C) groups is 1. The fourth-order valence-electron chi connectivity index (χ4n) is 3.31. The molecule has 0 saturated carbocycles. The van der Waals surface area contributed by atoms with Crippen molar-refractivity contribution >= 4 is 18.0 Å². The monoisotopic (exact) mass is 411 g/mol. The first-order valence-electron chi connectivity index (χ1n) is 10.8. The number of piperidine rings is 1. The Balaban J connectivity index is 2.43. The van der Waals surface area contributed by atoms with Gasteiger partial charge in [0.15, 0.2) is 5.96 Å². The smallest absolute Gasteiger partial charge is 0.410 e. The maximum absolute atomic E-state index is 12.4. The molecule has 1 fully saturated rings. The second kappa shape index (κ2) is 11.9. The number of hydrogen-bond donors (Lipinski definition) is 2. The van der Waals surface area contributed by atoms with Gasteiger partial charge in [-0.15, -0.1) is 0 Å². The first-order valence-corrected chi connectivity index (χ1v) is 10.8. The van der Waals surface area contributed by atoms with Gasteiger partial charge >= 0.3 is 6.09 Å². The lowest BCUT2D eigenvalue weighted by Crippen LogP contribution is -2.48. The average Bonchev–Trinajstić information content (AvgIpc) is 2.62. The van der Waals surface area contributed by atoms with Gasteiger partial charge in [0.05, 0.1) is 0 Å². The van der Waals surface area contributed by atoms with Gasteiger partial charge in [-0.3, -0.25) is 9.79 Å². The molecule has 0 aromatic rings. The van der Waals surface area contributed by atoms with E-state index < -0.39 is 5.60 Å². The minimum absolute atomic E-state index is 0.0449. The Morgan fingerprint density at radius 1 is 1.24 bits per heavy atom. The van der Waals surface area contributed by atoms with Crippen LogP contribution in [0.5, 0.6) is 0 Å². The van der Waals surface area contributed by atoms with Crippen molar-refractivity contribution in [2.75, 3.05) is 39.8 Å². The standard InChI is InChI=1S/C21H41N5O3/c1-8-25(20(28)29-21(4,5)6)15-17-10-13-26(14-11-17)19(22-7)23-12-9-18(27)24-16(2)3/h16-17H,8-15H2,1-7H3,(H,22,23)(H,24,27). The summed E-state index contributed by atoms with van der Waals surface area (Å²) in [6.45, 7) is 15.3. The third-order valence-electron chi connectivity index (χ3n) is 4.72. The van der Waals surface area contributed by atoms with Crippen LogP contribution in [0.4, 0.5) is 4.79 Å². The highest BCUT2D eigenvalue weighted by atomic mass is 16.6. The Labute approximate surface area is 176 Å². The molecule has 0 unspecified atom stereocenters. The zero-order valence-corrected chi connectivity index (χ0v) is 19.4. The topological polar surface area (TPSA) is 86.3 Å². The summed E-state index contributed by atoms with van der Waals surface area (Å²) in [5.74, 6) is 1.33. The minimum atomic E-state index is -0.474. The molecule has 1 saturated heterocycles. The predicted molar refractivity (Wildman–Crippen MR) is 117 cm³/mol. The summed E-state index contributed by atoms with van der Waals surface area (Å²) in [6.07, 6.45) is 2.18. The van der Waals surface area contributed by atoms with Crippen LogP contribution in [-0.4, -0.2) is 79.2 Å². The van der Waals surface area contributed by atoms with Crippen LogP contribution in [0.15, 0.2) is 4.99 Å². The SMILES string of the molecule is CCN(CC1CCN(C(=NC)NCCC(=O)NC(C)C)CC1)C(=O)OC(C)(C)C.